The number of anilines is 1. The molecule has 2 amide bonds. The average molecular weight is 414 g/mol. The second-order valence-corrected chi connectivity index (χ2v) is 8.25. The van der Waals surface area contributed by atoms with E-state index < -0.39 is 6.04 Å². The Morgan fingerprint density at radius 3 is 2.87 bits per heavy atom. The van der Waals surface area contributed by atoms with Gasteiger partial charge in [-0.1, -0.05) is 12.1 Å². The lowest BCUT2D eigenvalue weighted by Gasteiger charge is -2.20. The summed E-state index contributed by atoms with van der Waals surface area (Å²) in [6.07, 6.45) is 2.96. The zero-order chi connectivity index (χ0) is 21.3. The van der Waals surface area contributed by atoms with Crippen LogP contribution in [0.15, 0.2) is 34.7 Å². The summed E-state index contributed by atoms with van der Waals surface area (Å²) in [6, 6.07) is 7.08. The predicted octanol–water partition coefficient (Wildman–Crippen LogP) is 1.83. The topological polar surface area (TPSA) is 109 Å². The van der Waals surface area contributed by atoms with Gasteiger partial charge in [0.15, 0.2) is 5.88 Å². The number of fused-ring (bicyclic) bond motifs is 1. The maximum Gasteiger partial charge on any atom is 0.242 e. The molecule has 4 rings (SSSR count). The molecule has 2 heterocycles. The Kier molecular flexibility index (Phi) is 5.76. The minimum atomic E-state index is -0.649. The maximum absolute atomic E-state index is 13.0. The largest absolute Gasteiger partial charge is 0.446 e. The summed E-state index contributed by atoms with van der Waals surface area (Å²) in [5.41, 5.74) is 7.65. The van der Waals surface area contributed by atoms with Crippen molar-refractivity contribution < 1.29 is 18.4 Å². The highest BCUT2D eigenvalue weighted by Crippen LogP contribution is 2.34. The molecule has 160 valence electrons. The van der Waals surface area contributed by atoms with Crippen LogP contribution in [-0.4, -0.2) is 30.4 Å². The van der Waals surface area contributed by atoms with Gasteiger partial charge in [-0.15, -0.1) is 0 Å². The van der Waals surface area contributed by atoms with Crippen LogP contribution in [0, 0.1) is 11.7 Å². The maximum atomic E-state index is 13.0. The van der Waals surface area contributed by atoms with Crippen molar-refractivity contribution in [1.29, 1.82) is 0 Å². The minimum absolute atomic E-state index is 0.141. The Labute approximate surface area is 174 Å². The predicted molar refractivity (Wildman–Crippen MR) is 110 cm³/mol. The molecule has 7 nitrogen and oxygen atoms in total. The molecule has 8 heteroatoms. The van der Waals surface area contributed by atoms with Gasteiger partial charge in [0.25, 0.3) is 0 Å². The van der Waals surface area contributed by atoms with Crippen LogP contribution in [0.1, 0.15) is 42.7 Å². The summed E-state index contributed by atoms with van der Waals surface area (Å²) in [5.74, 6) is 0.789. The molecule has 1 aromatic heterocycles. The zero-order valence-electron chi connectivity index (χ0n) is 16.9. The van der Waals surface area contributed by atoms with Crippen molar-refractivity contribution >= 4 is 17.7 Å². The van der Waals surface area contributed by atoms with Crippen LogP contribution in [0.3, 0.4) is 0 Å². The number of hydrogen-bond donors (Lipinski definition) is 4. The van der Waals surface area contributed by atoms with Gasteiger partial charge in [0.1, 0.15) is 17.6 Å². The second-order valence-electron chi connectivity index (χ2n) is 8.25. The van der Waals surface area contributed by atoms with Gasteiger partial charge in [-0.25, -0.2) is 4.39 Å². The van der Waals surface area contributed by atoms with Crippen molar-refractivity contribution in [1.82, 2.24) is 16.0 Å². The molecule has 0 saturated carbocycles. The van der Waals surface area contributed by atoms with Gasteiger partial charge in [0, 0.05) is 18.1 Å². The van der Waals surface area contributed by atoms with E-state index in [1.165, 1.54) is 12.1 Å². The molecule has 0 radical (unpaired) electrons. The van der Waals surface area contributed by atoms with E-state index in [1.54, 1.807) is 25.1 Å². The van der Waals surface area contributed by atoms with Crippen LogP contribution in [0.4, 0.5) is 10.3 Å². The van der Waals surface area contributed by atoms with Gasteiger partial charge < -0.3 is 26.1 Å². The van der Waals surface area contributed by atoms with Crippen LogP contribution >= 0.6 is 0 Å². The zero-order valence-corrected chi connectivity index (χ0v) is 16.9. The Morgan fingerprint density at radius 1 is 1.33 bits per heavy atom. The lowest BCUT2D eigenvalue weighted by Crippen LogP contribution is -2.50. The molecule has 5 N–H and O–H groups in total. The number of carbonyl (C=O) groups is 2. The number of nitrogen functional groups attached to an aromatic ring is 1. The fourth-order valence-corrected chi connectivity index (χ4v) is 4.33. The number of rotatable bonds is 6. The van der Waals surface area contributed by atoms with E-state index in [2.05, 4.69) is 16.0 Å². The molecular formula is C22H27FN4O3. The summed E-state index contributed by atoms with van der Waals surface area (Å²) in [5, 5.41) is 9.00. The highest BCUT2D eigenvalue weighted by Gasteiger charge is 2.32. The molecule has 1 saturated heterocycles. The van der Waals surface area contributed by atoms with E-state index in [9.17, 15) is 14.0 Å². The summed E-state index contributed by atoms with van der Waals surface area (Å²) >= 11 is 0. The number of nitrogens with two attached hydrogens (primary N) is 1. The lowest BCUT2D eigenvalue weighted by atomic mass is 9.96. The molecule has 4 atom stereocenters. The Morgan fingerprint density at radius 2 is 2.10 bits per heavy atom. The molecule has 4 unspecified atom stereocenters. The van der Waals surface area contributed by atoms with Crippen LogP contribution < -0.4 is 21.7 Å². The first-order chi connectivity index (χ1) is 14.4. The molecule has 0 spiro atoms. The summed E-state index contributed by atoms with van der Waals surface area (Å²) < 4.78 is 18.5. The number of halogens is 1. The molecular weight excluding hydrogens is 387 g/mol. The van der Waals surface area contributed by atoms with E-state index in [4.69, 9.17) is 10.2 Å². The number of hydrogen-bond acceptors (Lipinski definition) is 5. The van der Waals surface area contributed by atoms with Crippen molar-refractivity contribution in [3.8, 4) is 0 Å². The fraction of sp³-hybridized carbons (Fsp3) is 0.455. The normalized spacial score (nSPS) is 23.7. The van der Waals surface area contributed by atoms with Crippen LogP contribution in [0.5, 0.6) is 0 Å². The molecule has 1 aliphatic carbocycles. The molecule has 2 aliphatic rings. The third-order valence-corrected chi connectivity index (χ3v) is 5.94. The van der Waals surface area contributed by atoms with Crippen LogP contribution in [-0.2, 0) is 22.4 Å². The monoisotopic (exact) mass is 414 g/mol. The number of amides is 2. The van der Waals surface area contributed by atoms with Gasteiger partial charge >= 0.3 is 0 Å². The van der Waals surface area contributed by atoms with Crippen molar-refractivity contribution in [2.45, 2.75) is 50.7 Å². The second kappa shape index (κ2) is 8.47. The van der Waals surface area contributed by atoms with Crippen molar-refractivity contribution in [2.24, 2.45) is 5.92 Å². The number of nitrogens with one attached hydrogen (secondary N) is 3. The lowest BCUT2D eigenvalue weighted by molar-refractivity contribution is -0.129. The Balaban J connectivity index is 1.25. The van der Waals surface area contributed by atoms with Crippen molar-refractivity contribution in [3.63, 3.8) is 0 Å². The first kappa shape index (κ1) is 20.4. The summed E-state index contributed by atoms with van der Waals surface area (Å²) in [6.45, 7) is 2.39. The number of furan rings is 1. The van der Waals surface area contributed by atoms with Crippen LogP contribution in [0.2, 0.25) is 0 Å². The van der Waals surface area contributed by atoms with Gasteiger partial charge in [-0.3, -0.25) is 9.59 Å². The number of aryl methyl sites for hydroxylation is 1. The number of carbonyl (C=O) groups excluding carboxylic acids is 2. The fourth-order valence-electron chi connectivity index (χ4n) is 4.33. The summed E-state index contributed by atoms with van der Waals surface area (Å²) in [4.78, 5) is 25.2. The first-order valence-corrected chi connectivity index (χ1v) is 10.4. The highest BCUT2D eigenvalue weighted by atomic mass is 19.1. The quantitative estimate of drug-likeness (QED) is 0.577. The van der Waals surface area contributed by atoms with Crippen molar-refractivity contribution in [2.75, 3.05) is 12.3 Å². The van der Waals surface area contributed by atoms with E-state index in [-0.39, 0.29) is 29.7 Å². The van der Waals surface area contributed by atoms with E-state index >= 15 is 0 Å². The highest BCUT2D eigenvalue weighted by molar-refractivity contribution is 5.89. The molecule has 30 heavy (non-hydrogen) atoms. The molecule has 2 aromatic rings. The minimum Gasteiger partial charge on any atom is -0.446 e. The van der Waals surface area contributed by atoms with E-state index in [1.807, 2.05) is 0 Å². The average Bonchev–Trinajstić information content (AvgIpc) is 3.41. The molecule has 1 aromatic carbocycles. The van der Waals surface area contributed by atoms with Crippen LogP contribution in [0.25, 0.3) is 0 Å². The Hall–Kier alpha value is -2.87. The SMILES string of the molecule is CC(NC(=O)C1CC(Cc2ccc(F)cc2)CN1)C(=O)NC1CCc2oc(N)cc21. The van der Waals surface area contributed by atoms with Crippen molar-refractivity contribution in [3.05, 3.63) is 53.0 Å². The standard InChI is InChI=1S/C22H27FN4O3/c1-12(21(28)27-17-6-7-19-16(17)10-20(24)30-19)26-22(29)18-9-14(11-25-18)8-13-2-4-15(23)5-3-13/h2-5,10,12,14,17-18,25H,6-9,11,24H2,1H3,(H,26,29)(H,27,28). The van der Waals surface area contributed by atoms with Gasteiger partial charge in [0.2, 0.25) is 11.8 Å². The first-order valence-electron chi connectivity index (χ1n) is 10.4. The molecule has 1 aliphatic heterocycles. The van der Waals surface area contributed by atoms with E-state index in [0.717, 1.165) is 36.1 Å². The Bertz CT molecular complexity index is 927. The smallest absolute Gasteiger partial charge is 0.242 e. The third kappa shape index (κ3) is 4.48. The van der Waals surface area contributed by atoms with Gasteiger partial charge in [-0.05, 0) is 56.3 Å². The third-order valence-electron chi connectivity index (χ3n) is 5.94. The van der Waals surface area contributed by atoms with E-state index in [0.29, 0.717) is 24.8 Å². The number of benzene rings is 1. The van der Waals surface area contributed by atoms with Gasteiger partial charge in [0.05, 0.1) is 12.1 Å². The van der Waals surface area contributed by atoms with Gasteiger partial charge in [-0.2, -0.15) is 0 Å². The summed E-state index contributed by atoms with van der Waals surface area (Å²) in [7, 11) is 0. The molecule has 0 bridgehead atoms. The molecule has 1 fully saturated rings.